The Morgan fingerprint density at radius 2 is 1.70 bits per heavy atom. The van der Waals surface area contributed by atoms with E-state index in [1.807, 2.05) is 0 Å². The van der Waals surface area contributed by atoms with E-state index in [2.05, 4.69) is 15.8 Å². The molecule has 0 spiro atoms. The predicted molar refractivity (Wildman–Crippen MR) is 115 cm³/mol. The molecule has 4 saturated carbocycles. The molecule has 30 heavy (non-hydrogen) atoms. The quantitative estimate of drug-likeness (QED) is 0.526. The van der Waals surface area contributed by atoms with Gasteiger partial charge in [0, 0.05) is 11.8 Å². The number of carbonyl (C=O) groups excluding carboxylic acids is 2. The lowest BCUT2D eigenvalue weighted by atomic mass is 9.49. The molecule has 4 aliphatic rings. The van der Waals surface area contributed by atoms with Crippen LogP contribution in [0.4, 0.5) is 5.69 Å². The second-order valence-corrected chi connectivity index (χ2v) is 9.28. The minimum Gasteiger partial charge on any atom is -0.497 e. The monoisotopic (exact) mass is 413 g/mol. The molecular weight excluding hydrogens is 382 g/mol. The van der Waals surface area contributed by atoms with Crippen molar-refractivity contribution >= 4 is 23.2 Å². The Morgan fingerprint density at radius 1 is 1.07 bits per heavy atom. The van der Waals surface area contributed by atoms with Gasteiger partial charge in [-0.15, -0.1) is 0 Å². The highest BCUT2D eigenvalue weighted by Crippen LogP contribution is 2.60. The van der Waals surface area contributed by atoms with E-state index in [1.165, 1.54) is 26.4 Å². The van der Waals surface area contributed by atoms with Crippen molar-refractivity contribution in [1.29, 1.82) is 0 Å². The molecule has 162 valence electrons. The highest BCUT2D eigenvalue weighted by Gasteiger charge is 2.54. The van der Waals surface area contributed by atoms with E-state index in [0.717, 1.165) is 19.3 Å². The first kappa shape index (κ1) is 20.7. The molecule has 0 unspecified atom stereocenters. The molecule has 4 aliphatic carbocycles. The van der Waals surface area contributed by atoms with Crippen LogP contribution in [-0.2, 0) is 9.59 Å². The van der Waals surface area contributed by atoms with E-state index >= 15 is 0 Å². The van der Waals surface area contributed by atoms with E-state index in [1.54, 1.807) is 32.2 Å². The van der Waals surface area contributed by atoms with Gasteiger partial charge in [0.1, 0.15) is 11.5 Å². The van der Waals surface area contributed by atoms with E-state index in [9.17, 15) is 9.59 Å². The highest BCUT2D eigenvalue weighted by molar-refractivity contribution is 6.06. The summed E-state index contributed by atoms with van der Waals surface area (Å²) in [6, 6.07) is 5.20. The Morgan fingerprint density at radius 3 is 2.27 bits per heavy atom. The van der Waals surface area contributed by atoms with Crippen LogP contribution in [0.1, 0.15) is 51.9 Å². The minimum absolute atomic E-state index is 0.0400. The van der Waals surface area contributed by atoms with Gasteiger partial charge in [-0.3, -0.25) is 9.59 Å². The third-order valence-corrected chi connectivity index (χ3v) is 6.97. The SMILES string of the molecule is COc1ccc(NC(=O)C/C(C)=N/NC(=O)C23CC4CC(CC(C4)C2)C3)c(OC)c1. The molecule has 2 amide bonds. The second-order valence-electron chi connectivity index (χ2n) is 9.28. The fourth-order valence-electron chi connectivity index (χ4n) is 6.02. The zero-order valence-electron chi connectivity index (χ0n) is 18.0. The minimum atomic E-state index is -0.239. The Balaban J connectivity index is 1.33. The number of methoxy groups -OCH3 is 2. The number of hydrogen-bond donors (Lipinski definition) is 2. The molecule has 7 nitrogen and oxygen atoms in total. The van der Waals surface area contributed by atoms with Gasteiger partial charge in [0.25, 0.3) is 0 Å². The molecular formula is C23H31N3O4. The molecule has 0 heterocycles. The number of ether oxygens (including phenoxy) is 2. The lowest BCUT2D eigenvalue weighted by Gasteiger charge is -2.55. The standard InChI is InChI=1S/C23H31N3O4/c1-14(6-21(27)24-19-5-4-18(29-2)10-20(19)30-3)25-26-22(28)23-11-15-7-16(12-23)9-17(8-15)13-23/h4-5,10,15-17H,6-9,11-13H2,1-3H3,(H,24,27)(H,26,28)/b25-14+. The first-order chi connectivity index (χ1) is 14.4. The van der Waals surface area contributed by atoms with Crippen molar-refractivity contribution in [3.63, 3.8) is 0 Å². The first-order valence-corrected chi connectivity index (χ1v) is 10.8. The maximum Gasteiger partial charge on any atom is 0.246 e. The van der Waals surface area contributed by atoms with Gasteiger partial charge in [0.2, 0.25) is 11.8 Å². The van der Waals surface area contributed by atoms with Gasteiger partial charge in [-0.1, -0.05) is 0 Å². The summed E-state index contributed by atoms with van der Waals surface area (Å²) < 4.78 is 10.5. The fourth-order valence-corrected chi connectivity index (χ4v) is 6.02. The third-order valence-electron chi connectivity index (χ3n) is 6.97. The summed E-state index contributed by atoms with van der Waals surface area (Å²) in [6.07, 6.45) is 6.97. The fraction of sp³-hybridized carbons (Fsp3) is 0.609. The van der Waals surface area contributed by atoms with Crippen LogP contribution in [0.2, 0.25) is 0 Å². The number of amides is 2. The molecule has 0 aromatic heterocycles. The van der Waals surface area contributed by atoms with Crippen LogP contribution >= 0.6 is 0 Å². The van der Waals surface area contributed by atoms with Crippen LogP contribution in [0.25, 0.3) is 0 Å². The smallest absolute Gasteiger partial charge is 0.246 e. The Hall–Kier alpha value is -2.57. The molecule has 4 bridgehead atoms. The molecule has 5 rings (SSSR count). The number of carbonyl (C=O) groups is 2. The molecule has 0 atom stereocenters. The average Bonchev–Trinajstić information content (AvgIpc) is 2.71. The van der Waals surface area contributed by atoms with E-state index in [-0.39, 0.29) is 23.7 Å². The normalized spacial score (nSPS) is 29.4. The van der Waals surface area contributed by atoms with Crippen LogP contribution < -0.4 is 20.2 Å². The second kappa shape index (κ2) is 8.28. The molecule has 4 fully saturated rings. The van der Waals surface area contributed by atoms with Crippen molar-refractivity contribution in [3.8, 4) is 11.5 Å². The van der Waals surface area contributed by atoms with Gasteiger partial charge in [0.05, 0.1) is 31.7 Å². The average molecular weight is 414 g/mol. The van der Waals surface area contributed by atoms with Crippen molar-refractivity contribution < 1.29 is 19.1 Å². The number of hydrazone groups is 1. The van der Waals surface area contributed by atoms with Crippen LogP contribution in [0.3, 0.4) is 0 Å². The lowest BCUT2D eigenvalue weighted by molar-refractivity contribution is -0.146. The van der Waals surface area contributed by atoms with Gasteiger partial charge in [-0.25, -0.2) is 5.43 Å². The number of nitrogens with one attached hydrogen (secondary N) is 2. The topological polar surface area (TPSA) is 89.0 Å². The maximum absolute atomic E-state index is 13.0. The molecule has 0 saturated heterocycles. The Kier molecular flexibility index (Phi) is 5.71. The molecule has 1 aromatic carbocycles. The van der Waals surface area contributed by atoms with E-state index in [4.69, 9.17) is 9.47 Å². The van der Waals surface area contributed by atoms with Crippen molar-refractivity contribution in [2.75, 3.05) is 19.5 Å². The highest BCUT2D eigenvalue weighted by atomic mass is 16.5. The number of nitrogens with zero attached hydrogens (tertiary/aromatic N) is 1. The number of anilines is 1. The van der Waals surface area contributed by atoms with E-state index in [0.29, 0.717) is 40.7 Å². The first-order valence-electron chi connectivity index (χ1n) is 10.8. The van der Waals surface area contributed by atoms with Gasteiger partial charge in [0.15, 0.2) is 0 Å². The van der Waals surface area contributed by atoms with E-state index < -0.39 is 0 Å². The van der Waals surface area contributed by atoms with Gasteiger partial charge in [-0.2, -0.15) is 5.10 Å². The van der Waals surface area contributed by atoms with Gasteiger partial charge in [-0.05, 0) is 75.3 Å². The Bertz CT molecular complexity index is 829. The van der Waals surface area contributed by atoms with Crippen LogP contribution in [0, 0.1) is 23.2 Å². The molecule has 1 aromatic rings. The zero-order valence-corrected chi connectivity index (χ0v) is 18.0. The lowest BCUT2D eigenvalue weighted by Crippen LogP contribution is -2.52. The Labute approximate surface area is 177 Å². The summed E-state index contributed by atoms with van der Waals surface area (Å²) in [4.78, 5) is 25.4. The molecule has 0 aliphatic heterocycles. The summed E-state index contributed by atoms with van der Waals surface area (Å²) in [5, 5.41) is 7.06. The number of rotatable bonds is 7. The van der Waals surface area contributed by atoms with Gasteiger partial charge >= 0.3 is 0 Å². The van der Waals surface area contributed by atoms with Crippen molar-refractivity contribution in [3.05, 3.63) is 18.2 Å². The summed E-state index contributed by atoms with van der Waals surface area (Å²) in [5.41, 5.74) is 3.67. The largest absolute Gasteiger partial charge is 0.497 e. The molecule has 2 N–H and O–H groups in total. The third kappa shape index (κ3) is 4.16. The molecule has 7 heteroatoms. The van der Waals surface area contributed by atoms with Gasteiger partial charge < -0.3 is 14.8 Å². The van der Waals surface area contributed by atoms with Crippen molar-refractivity contribution in [1.82, 2.24) is 5.43 Å². The summed E-state index contributed by atoms with van der Waals surface area (Å²) in [7, 11) is 3.11. The predicted octanol–water partition coefficient (Wildman–Crippen LogP) is 3.74. The zero-order chi connectivity index (χ0) is 21.3. The van der Waals surface area contributed by atoms with Crippen molar-refractivity contribution in [2.45, 2.75) is 51.9 Å². The number of hydrogen-bond acceptors (Lipinski definition) is 5. The van der Waals surface area contributed by atoms with Crippen LogP contribution in [-0.4, -0.2) is 31.7 Å². The number of benzene rings is 1. The summed E-state index contributed by atoms with van der Waals surface area (Å²) in [6.45, 7) is 1.75. The summed E-state index contributed by atoms with van der Waals surface area (Å²) >= 11 is 0. The van der Waals surface area contributed by atoms with Crippen LogP contribution in [0.15, 0.2) is 23.3 Å². The molecule has 0 radical (unpaired) electrons. The van der Waals surface area contributed by atoms with Crippen molar-refractivity contribution in [2.24, 2.45) is 28.3 Å². The van der Waals surface area contributed by atoms with Crippen LogP contribution in [0.5, 0.6) is 11.5 Å². The summed E-state index contributed by atoms with van der Waals surface area (Å²) in [5.74, 6) is 3.11. The maximum atomic E-state index is 13.0.